The number of ether oxygens (including phenoxy) is 1. The van der Waals surface area contributed by atoms with Gasteiger partial charge in [0.25, 0.3) is 0 Å². The van der Waals surface area contributed by atoms with Crippen LogP contribution in [0.1, 0.15) is 19.4 Å². The highest BCUT2D eigenvalue weighted by atomic mass is 79.9. The van der Waals surface area contributed by atoms with Crippen LogP contribution in [0.3, 0.4) is 0 Å². The molecule has 6 heteroatoms. The Bertz CT molecular complexity index is 575. The molecule has 0 saturated heterocycles. The lowest BCUT2D eigenvalue weighted by molar-refractivity contribution is 0.438. The molecular formula is C14H15BrClN3O. The van der Waals surface area contributed by atoms with Crippen LogP contribution in [0.4, 0.5) is 0 Å². The summed E-state index contributed by atoms with van der Waals surface area (Å²) in [7, 11) is 0. The minimum Gasteiger partial charge on any atom is -0.423 e. The number of rotatable bonds is 5. The van der Waals surface area contributed by atoms with Crippen molar-refractivity contribution >= 4 is 27.5 Å². The molecule has 2 aromatic rings. The number of nitrogens with zero attached hydrogens (tertiary/aromatic N) is 2. The zero-order valence-electron chi connectivity index (χ0n) is 11.2. The van der Waals surface area contributed by atoms with Gasteiger partial charge in [-0.25, -0.2) is 9.97 Å². The first-order chi connectivity index (χ1) is 9.54. The van der Waals surface area contributed by atoms with Gasteiger partial charge in [-0.05, 0) is 34.1 Å². The summed E-state index contributed by atoms with van der Waals surface area (Å²) in [4.78, 5) is 8.38. The third-order valence-electron chi connectivity index (χ3n) is 2.49. The summed E-state index contributed by atoms with van der Waals surface area (Å²) < 4.78 is 6.36. The van der Waals surface area contributed by atoms with Crippen LogP contribution in [0, 0.1) is 0 Å². The number of halogens is 2. The van der Waals surface area contributed by atoms with Crippen molar-refractivity contribution in [3.63, 3.8) is 0 Å². The van der Waals surface area contributed by atoms with Crippen LogP contribution in [0.15, 0.2) is 35.1 Å². The van der Waals surface area contributed by atoms with Gasteiger partial charge in [-0.1, -0.05) is 25.4 Å². The summed E-state index contributed by atoms with van der Waals surface area (Å²) in [6.07, 6.45) is 3.50. The maximum Gasteiger partial charge on any atom is 0.321 e. The molecule has 1 heterocycles. The van der Waals surface area contributed by atoms with Crippen molar-refractivity contribution in [3.05, 3.63) is 45.7 Å². The zero-order chi connectivity index (χ0) is 14.5. The molecule has 0 fully saturated rings. The third kappa shape index (κ3) is 4.44. The predicted molar refractivity (Wildman–Crippen MR) is 83.2 cm³/mol. The number of aromatic nitrogens is 2. The van der Waals surface area contributed by atoms with E-state index in [1.807, 2.05) is 0 Å². The normalized spacial score (nSPS) is 10.8. The van der Waals surface area contributed by atoms with Crippen molar-refractivity contribution in [2.75, 3.05) is 0 Å². The fourth-order valence-corrected chi connectivity index (χ4v) is 2.23. The summed E-state index contributed by atoms with van der Waals surface area (Å²) in [5.41, 5.74) is 1.02. The molecule has 0 aliphatic heterocycles. The lowest BCUT2D eigenvalue weighted by Gasteiger charge is -2.09. The van der Waals surface area contributed by atoms with E-state index in [1.165, 1.54) is 0 Å². The SMILES string of the molecule is CC(C)NCc1cnc(Oc2ccc(Cl)cc2Br)nc1. The molecule has 0 radical (unpaired) electrons. The Morgan fingerprint density at radius 3 is 2.60 bits per heavy atom. The van der Waals surface area contributed by atoms with E-state index in [2.05, 4.69) is 45.1 Å². The molecule has 0 aliphatic rings. The van der Waals surface area contributed by atoms with Crippen LogP contribution in [0.25, 0.3) is 0 Å². The van der Waals surface area contributed by atoms with Crippen molar-refractivity contribution in [2.24, 2.45) is 0 Å². The van der Waals surface area contributed by atoms with Crippen LogP contribution >= 0.6 is 27.5 Å². The molecule has 106 valence electrons. The second kappa shape index (κ2) is 7.02. The first-order valence-electron chi connectivity index (χ1n) is 6.22. The van der Waals surface area contributed by atoms with E-state index < -0.39 is 0 Å². The molecule has 2 rings (SSSR count). The molecule has 0 bridgehead atoms. The van der Waals surface area contributed by atoms with Crippen molar-refractivity contribution in [1.29, 1.82) is 0 Å². The molecule has 1 N–H and O–H groups in total. The van der Waals surface area contributed by atoms with Gasteiger partial charge in [0, 0.05) is 35.6 Å². The second-order valence-corrected chi connectivity index (χ2v) is 5.88. The molecule has 4 nitrogen and oxygen atoms in total. The molecule has 1 aromatic carbocycles. The van der Waals surface area contributed by atoms with Crippen molar-refractivity contribution < 1.29 is 4.74 Å². The molecule has 0 atom stereocenters. The average molecular weight is 357 g/mol. The number of hydrogen-bond donors (Lipinski definition) is 1. The summed E-state index contributed by atoms with van der Waals surface area (Å²) in [6, 6.07) is 6.02. The first-order valence-corrected chi connectivity index (χ1v) is 7.39. The Balaban J connectivity index is 2.03. The highest BCUT2D eigenvalue weighted by Crippen LogP contribution is 2.30. The molecule has 0 spiro atoms. The Kier molecular flexibility index (Phi) is 5.34. The summed E-state index contributed by atoms with van der Waals surface area (Å²) in [5, 5.41) is 3.94. The quantitative estimate of drug-likeness (QED) is 0.873. The topological polar surface area (TPSA) is 47.0 Å². The van der Waals surface area contributed by atoms with Gasteiger partial charge in [0.1, 0.15) is 5.75 Å². The maximum atomic E-state index is 5.88. The Morgan fingerprint density at radius 2 is 2.00 bits per heavy atom. The van der Waals surface area contributed by atoms with Crippen LogP contribution in [-0.4, -0.2) is 16.0 Å². The van der Waals surface area contributed by atoms with E-state index in [0.29, 0.717) is 22.8 Å². The van der Waals surface area contributed by atoms with Crippen molar-refractivity contribution in [1.82, 2.24) is 15.3 Å². The van der Waals surface area contributed by atoms with E-state index in [9.17, 15) is 0 Å². The third-order valence-corrected chi connectivity index (χ3v) is 3.35. The highest BCUT2D eigenvalue weighted by molar-refractivity contribution is 9.10. The highest BCUT2D eigenvalue weighted by Gasteiger charge is 2.06. The van der Waals surface area contributed by atoms with Gasteiger partial charge in [0.05, 0.1) is 4.47 Å². The minimum atomic E-state index is 0.307. The Morgan fingerprint density at radius 1 is 1.30 bits per heavy atom. The van der Waals surface area contributed by atoms with Crippen LogP contribution in [0.5, 0.6) is 11.8 Å². The molecule has 0 saturated carbocycles. The summed E-state index contributed by atoms with van der Waals surface area (Å²) >= 11 is 9.26. The maximum absolute atomic E-state index is 5.88. The lowest BCUT2D eigenvalue weighted by atomic mass is 10.3. The van der Waals surface area contributed by atoms with E-state index in [-0.39, 0.29) is 0 Å². The Hall–Kier alpha value is -1.17. The molecule has 0 unspecified atom stereocenters. The van der Waals surface area contributed by atoms with Gasteiger partial charge >= 0.3 is 6.01 Å². The van der Waals surface area contributed by atoms with Crippen LogP contribution in [0.2, 0.25) is 5.02 Å². The fraction of sp³-hybridized carbons (Fsp3) is 0.286. The fourth-order valence-electron chi connectivity index (χ4n) is 1.47. The number of hydrogen-bond acceptors (Lipinski definition) is 4. The van der Waals surface area contributed by atoms with Crippen molar-refractivity contribution in [2.45, 2.75) is 26.4 Å². The lowest BCUT2D eigenvalue weighted by Crippen LogP contribution is -2.21. The molecule has 1 aromatic heterocycles. The Labute approximate surface area is 131 Å². The predicted octanol–water partition coefficient (Wildman–Crippen LogP) is 4.18. The summed E-state index contributed by atoms with van der Waals surface area (Å²) in [6.45, 7) is 4.93. The number of nitrogens with one attached hydrogen (secondary N) is 1. The summed E-state index contributed by atoms with van der Waals surface area (Å²) in [5.74, 6) is 0.627. The molecular weight excluding hydrogens is 342 g/mol. The zero-order valence-corrected chi connectivity index (χ0v) is 13.6. The van der Waals surface area contributed by atoms with E-state index in [1.54, 1.807) is 30.6 Å². The standard InChI is InChI=1S/C14H15BrClN3O/c1-9(2)17-6-10-7-18-14(19-8-10)20-13-4-3-11(16)5-12(13)15/h3-5,7-9,17H,6H2,1-2H3. The monoisotopic (exact) mass is 355 g/mol. The van der Waals surface area contributed by atoms with Crippen LogP contribution < -0.4 is 10.1 Å². The van der Waals surface area contributed by atoms with Gasteiger partial charge in [0.15, 0.2) is 0 Å². The second-order valence-electron chi connectivity index (χ2n) is 4.59. The van der Waals surface area contributed by atoms with Crippen molar-refractivity contribution in [3.8, 4) is 11.8 Å². The van der Waals surface area contributed by atoms with Gasteiger partial charge in [-0.2, -0.15) is 0 Å². The largest absolute Gasteiger partial charge is 0.423 e. The molecule has 0 amide bonds. The van der Waals surface area contributed by atoms with Gasteiger partial charge in [-0.15, -0.1) is 0 Å². The van der Waals surface area contributed by atoms with E-state index in [4.69, 9.17) is 16.3 Å². The number of benzene rings is 1. The molecule has 0 aliphatic carbocycles. The van der Waals surface area contributed by atoms with Gasteiger partial charge < -0.3 is 10.1 Å². The molecule has 20 heavy (non-hydrogen) atoms. The van der Waals surface area contributed by atoms with Gasteiger partial charge in [-0.3, -0.25) is 0 Å². The van der Waals surface area contributed by atoms with Gasteiger partial charge in [0.2, 0.25) is 0 Å². The average Bonchev–Trinajstić information content (AvgIpc) is 2.41. The van der Waals surface area contributed by atoms with E-state index in [0.717, 1.165) is 16.6 Å². The minimum absolute atomic E-state index is 0.307. The first kappa shape index (κ1) is 15.2. The van der Waals surface area contributed by atoms with Crippen LogP contribution in [-0.2, 0) is 6.54 Å². The van der Waals surface area contributed by atoms with E-state index >= 15 is 0 Å². The smallest absolute Gasteiger partial charge is 0.321 e.